The van der Waals surface area contributed by atoms with E-state index in [9.17, 15) is 13.2 Å². The number of carbonyl (C=O) groups excluding carboxylic acids is 1. The van der Waals surface area contributed by atoms with Crippen LogP contribution < -0.4 is 4.74 Å². The van der Waals surface area contributed by atoms with Gasteiger partial charge in [-0.1, -0.05) is 0 Å². The molecule has 43 heavy (non-hydrogen) atoms. The number of rotatable bonds is 7. The quantitative estimate of drug-likeness (QED) is 0.376. The SMILES string of the molecule is CC(C)N1[C@@H]2CC[C@H]1C[C@@H](Oc1ccc3c(c1)cc(C(=O)N1CCN(S(=O)(=O)c4ccc(C#N)cc4)CC1)n3C(C)C)C2. The highest BCUT2D eigenvalue weighted by Gasteiger charge is 2.42. The number of nitriles is 1. The zero-order chi connectivity index (χ0) is 30.5. The second-order valence-electron chi connectivity index (χ2n) is 12.7. The van der Waals surface area contributed by atoms with Crippen molar-refractivity contribution in [1.82, 2.24) is 18.7 Å². The highest BCUT2D eigenvalue weighted by Crippen LogP contribution is 2.39. The van der Waals surface area contributed by atoms with Crippen molar-refractivity contribution in [2.75, 3.05) is 26.2 Å². The van der Waals surface area contributed by atoms with Crippen LogP contribution in [0.15, 0.2) is 53.4 Å². The second kappa shape index (κ2) is 11.6. The molecule has 0 spiro atoms. The summed E-state index contributed by atoms with van der Waals surface area (Å²) in [5.74, 6) is 0.747. The van der Waals surface area contributed by atoms with Crippen molar-refractivity contribution in [2.24, 2.45) is 0 Å². The summed E-state index contributed by atoms with van der Waals surface area (Å²) in [5.41, 5.74) is 2.00. The van der Waals surface area contributed by atoms with E-state index >= 15 is 0 Å². The molecule has 2 bridgehead atoms. The standard InChI is InChI=1S/C33H41N5O4S/c1-22(2)37-26-7-8-27(37)20-29(19-26)42-28-9-12-31-25(17-28)18-32(38(31)23(3)4)33(39)35-13-15-36(16-14-35)43(40,41)30-10-5-24(21-34)6-11-30/h5-6,9-12,17-18,22-23,26-27,29H,7-8,13-16,19-20H2,1-4H3/t26-,27+,29+. The van der Waals surface area contributed by atoms with Gasteiger partial charge in [0.15, 0.2) is 0 Å². The predicted octanol–water partition coefficient (Wildman–Crippen LogP) is 5.02. The lowest BCUT2D eigenvalue weighted by molar-refractivity contribution is 0.0308. The van der Waals surface area contributed by atoms with Crippen LogP contribution in [0.25, 0.3) is 10.9 Å². The molecule has 6 rings (SSSR count). The largest absolute Gasteiger partial charge is 0.490 e. The van der Waals surface area contributed by atoms with Gasteiger partial charge in [-0.05, 0) is 102 Å². The van der Waals surface area contributed by atoms with Gasteiger partial charge in [0.2, 0.25) is 10.0 Å². The van der Waals surface area contributed by atoms with Gasteiger partial charge in [-0.2, -0.15) is 9.57 Å². The summed E-state index contributed by atoms with van der Waals surface area (Å²) in [6.07, 6.45) is 4.81. The Labute approximate surface area is 254 Å². The summed E-state index contributed by atoms with van der Waals surface area (Å²) < 4.78 is 36.4. The van der Waals surface area contributed by atoms with E-state index < -0.39 is 10.0 Å². The lowest BCUT2D eigenvalue weighted by atomic mass is 9.98. The Bertz CT molecular complexity index is 1630. The average Bonchev–Trinajstić information content (AvgIpc) is 3.51. The Morgan fingerprint density at radius 1 is 0.907 bits per heavy atom. The number of carbonyl (C=O) groups is 1. The van der Waals surface area contributed by atoms with E-state index in [4.69, 9.17) is 10.00 Å². The van der Waals surface area contributed by atoms with Gasteiger partial charge in [0.1, 0.15) is 17.5 Å². The molecule has 3 aliphatic heterocycles. The summed E-state index contributed by atoms with van der Waals surface area (Å²) >= 11 is 0. The highest BCUT2D eigenvalue weighted by molar-refractivity contribution is 7.89. The number of amides is 1. The molecular weight excluding hydrogens is 562 g/mol. The molecule has 3 aliphatic rings. The normalized spacial score (nSPS) is 23.3. The number of aromatic nitrogens is 1. The molecule has 0 aliphatic carbocycles. The molecule has 9 nitrogen and oxygen atoms in total. The first-order chi connectivity index (χ1) is 20.6. The van der Waals surface area contributed by atoms with Crippen LogP contribution in [0.3, 0.4) is 0 Å². The van der Waals surface area contributed by atoms with E-state index in [-0.39, 0.29) is 36.0 Å². The Balaban J connectivity index is 1.16. The van der Waals surface area contributed by atoms with Gasteiger partial charge >= 0.3 is 0 Å². The molecule has 1 aromatic heterocycles. The van der Waals surface area contributed by atoms with E-state index in [0.29, 0.717) is 42.5 Å². The Morgan fingerprint density at radius 3 is 2.14 bits per heavy atom. The molecule has 0 N–H and O–H groups in total. The number of nitrogens with zero attached hydrogens (tertiary/aromatic N) is 5. The van der Waals surface area contributed by atoms with Gasteiger partial charge in [0, 0.05) is 61.2 Å². The fourth-order valence-electron chi connectivity index (χ4n) is 7.45. The molecule has 4 heterocycles. The fourth-order valence-corrected chi connectivity index (χ4v) is 8.87. The smallest absolute Gasteiger partial charge is 0.270 e. The van der Waals surface area contributed by atoms with Crippen molar-refractivity contribution < 1.29 is 17.9 Å². The highest BCUT2D eigenvalue weighted by atomic mass is 32.2. The lowest BCUT2D eigenvalue weighted by Gasteiger charge is -2.41. The van der Waals surface area contributed by atoms with Crippen LogP contribution in [-0.4, -0.2) is 83.4 Å². The van der Waals surface area contributed by atoms with Crippen molar-refractivity contribution >= 4 is 26.8 Å². The lowest BCUT2D eigenvalue weighted by Crippen LogP contribution is -2.50. The van der Waals surface area contributed by atoms with Crippen molar-refractivity contribution in [3.05, 3.63) is 59.8 Å². The third-order valence-electron chi connectivity index (χ3n) is 9.34. The summed E-state index contributed by atoms with van der Waals surface area (Å²) in [7, 11) is -3.71. The monoisotopic (exact) mass is 603 g/mol. The maximum Gasteiger partial charge on any atom is 0.270 e. The molecule has 0 saturated carbocycles. The van der Waals surface area contributed by atoms with Crippen molar-refractivity contribution in [3.8, 4) is 11.8 Å². The van der Waals surface area contributed by atoms with Crippen molar-refractivity contribution in [1.29, 1.82) is 5.26 Å². The van der Waals surface area contributed by atoms with Gasteiger partial charge < -0.3 is 14.2 Å². The Hall–Kier alpha value is -3.39. The molecule has 1 amide bonds. The Kier molecular flexibility index (Phi) is 8.01. The van der Waals surface area contributed by atoms with Crippen molar-refractivity contribution in [2.45, 2.75) is 88.5 Å². The maximum absolute atomic E-state index is 13.8. The number of hydrogen-bond acceptors (Lipinski definition) is 6. The van der Waals surface area contributed by atoms with E-state index in [1.54, 1.807) is 4.90 Å². The van der Waals surface area contributed by atoms with E-state index in [1.165, 1.54) is 41.4 Å². The first-order valence-corrected chi connectivity index (χ1v) is 16.9. The molecule has 0 unspecified atom stereocenters. The zero-order valence-electron chi connectivity index (χ0n) is 25.4. The first-order valence-electron chi connectivity index (χ1n) is 15.5. The van der Waals surface area contributed by atoms with Crippen molar-refractivity contribution in [3.63, 3.8) is 0 Å². The summed E-state index contributed by atoms with van der Waals surface area (Å²) in [6.45, 7) is 9.76. The van der Waals surface area contributed by atoms with Gasteiger partial charge in [-0.15, -0.1) is 0 Å². The van der Waals surface area contributed by atoms with E-state index in [0.717, 1.165) is 29.5 Å². The minimum absolute atomic E-state index is 0.0669. The maximum atomic E-state index is 13.8. The molecule has 3 fully saturated rings. The van der Waals surface area contributed by atoms with Gasteiger partial charge in [0.05, 0.1) is 16.5 Å². The summed E-state index contributed by atoms with van der Waals surface area (Å²) in [4.78, 5) is 18.4. The van der Waals surface area contributed by atoms with Crippen LogP contribution in [0.5, 0.6) is 5.75 Å². The number of ether oxygens (including phenoxy) is 1. The van der Waals surface area contributed by atoms with Crippen LogP contribution in [0.2, 0.25) is 0 Å². The number of piperidine rings is 1. The van der Waals surface area contributed by atoms with Crippen LogP contribution in [0, 0.1) is 11.3 Å². The average molecular weight is 604 g/mol. The van der Waals surface area contributed by atoms with Gasteiger partial charge in [-0.25, -0.2) is 8.42 Å². The molecule has 2 aromatic carbocycles. The van der Waals surface area contributed by atoms with E-state index in [1.807, 2.05) is 18.2 Å². The molecule has 10 heteroatoms. The molecule has 3 aromatic rings. The third-order valence-corrected chi connectivity index (χ3v) is 11.3. The minimum Gasteiger partial charge on any atom is -0.490 e. The summed E-state index contributed by atoms with van der Waals surface area (Å²) in [5, 5.41) is 9.99. The third kappa shape index (κ3) is 5.54. The fraction of sp³-hybridized carbons (Fsp3) is 0.515. The molecule has 228 valence electrons. The number of sulfonamides is 1. The zero-order valence-corrected chi connectivity index (χ0v) is 26.3. The predicted molar refractivity (Wildman–Crippen MR) is 166 cm³/mol. The molecule has 0 radical (unpaired) electrons. The van der Waals surface area contributed by atoms with Crippen LogP contribution >= 0.6 is 0 Å². The van der Waals surface area contributed by atoms with E-state index in [2.05, 4.69) is 49.3 Å². The number of piperazine rings is 1. The number of fused-ring (bicyclic) bond motifs is 3. The number of hydrogen-bond donors (Lipinski definition) is 0. The molecular formula is C33H41N5O4S. The van der Waals surface area contributed by atoms with Gasteiger partial charge in [0.25, 0.3) is 5.91 Å². The van der Waals surface area contributed by atoms with Crippen LogP contribution in [0.1, 0.15) is 75.5 Å². The topological polar surface area (TPSA) is 98.9 Å². The first kappa shape index (κ1) is 29.7. The molecule has 3 atom stereocenters. The minimum atomic E-state index is -3.71. The van der Waals surface area contributed by atoms with Crippen LogP contribution in [-0.2, 0) is 10.0 Å². The van der Waals surface area contributed by atoms with Gasteiger partial charge in [-0.3, -0.25) is 9.69 Å². The second-order valence-corrected chi connectivity index (χ2v) is 14.6. The van der Waals surface area contributed by atoms with Crippen LogP contribution in [0.4, 0.5) is 0 Å². The number of benzene rings is 2. The molecule has 3 saturated heterocycles. The summed E-state index contributed by atoms with van der Waals surface area (Å²) in [6, 6.07) is 17.9. The Morgan fingerprint density at radius 2 is 1.56 bits per heavy atom.